The third-order valence-corrected chi connectivity index (χ3v) is 2.55. The molecule has 1 aromatic carbocycles. The molecule has 94 valence electrons. The average molecular weight is 269 g/mol. The van der Waals surface area contributed by atoms with E-state index in [9.17, 15) is 9.18 Å². The van der Waals surface area contributed by atoms with Crippen LogP contribution in [0.3, 0.4) is 0 Å². The smallest absolute Gasteiger partial charge is 0.295 e. The highest BCUT2D eigenvalue weighted by Crippen LogP contribution is 2.18. The van der Waals surface area contributed by atoms with Crippen LogP contribution in [0.4, 0.5) is 10.1 Å². The zero-order valence-corrected chi connectivity index (χ0v) is 10.3. The molecule has 0 unspecified atom stereocenters. The summed E-state index contributed by atoms with van der Waals surface area (Å²) in [5.41, 5.74) is 0.296. The number of halogens is 2. The Labute approximate surface area is 107 Å². The van der Waals surface area contributed by atoms with Crippen LogP contribution in [0, 0.1) is 5.82 Å². The van der Waals surface area contributed by atoms with Crippen LogP contribution in [0.25, 0.3) is 0 Å². The molecule has 0 aliphatic rings. The van der Waals surface area contributed by atoms with Crippen LogP contribution in [0.15, 0.2) is 18.2 Å². The molecule has 0 atom stereocenters. The lowest BCUT2D eigenvalue weighted by atomic mass is 10.3. The van der Waals surface area contributed by atoms with Crippen molar-refractivity contribution in [2.75, 3.05) is 5.32 Å². The molecule has 0 saturated heterocycles. The van der Waals surface area contributed by atoms with Gasteiger partial charge in [-0.2, -0.15) is 0 Å². The lowest BCUT2D eigenvalue weighted by molar-refractivity contribution is 0.101. The number of amides is 1. The monoisotopic (exact) mass is 268 g/mol. The molecule has 5 nitrogen and oxygen atoms in total. The van der Waals surface area contributed by atoms with Gasteiger partial charge < -0.3 is 5.32 Å². The highest BCUT2D eigenvalue weighted by atomic mass is 35.5. The summed E-state index contributed by atoms with van der Waals surface area (Å²) in [5, 5.41) is 8.86. The van der Waals surface area contributed by atoms with Gasteiger partial charge in [0.25, 0.3) is 5.91 Å². The SMILES string of the molecule is CCc1nc(C(=O)Nc2ccc(Cl)c(F)c2)n[nH]1. The molecule has 1 heterocycles. The summed E-state index contributed by atoms with van der Waals surface area (Å²) in [4.78, 5) is 15.7. The fraction of sp³-hybridized carbons (Fsp3) is 0.182. The van der Waals surface area contributed by atoms with Crippen LogP contribution in [-0.2, 0) is 6.42 Å². The number of anilines is 1. The second-order valence-corrected chi connectivity index (χ2v) is 3.95. The van der Waals surface area contributed by atoms with Gasteiger partial charge in [-0.15, -0.1) is 5.10 Å². The number of H-pyrrole nitrogens is 1. The van der Waals surface area contributed by atoms with Gasteiger partial charge in [-0.1, -0.05) is 18.5 Å². The standard InChI is InChI=1S/C11H10ClFN4O/c1-2-9-15-10(17-16-9)11(18)14-6-3-4-7(12)8(13)5-6/h3-5H,2H2,1H3,(H,14,18)(H,15,16,17). The molecule has 0 spiro atoms. The molecule has 0 fully saturated rings. The zero-order chi connectivity index (χ0) is 13.1. The molecule has 0 radical (unpaired) electrons. The molecule has 2 N–H and O–H groups in total. The Kier molecular flexibility index (Phi) is 3.57. The summed E-state index contributed by atoms with van der Waals surface area (Å²) in [7, 11) is 0. The van der Waals surface area contributed by atoms with E-state index in [2.05, 4.69) is 20.5 Å². The number of nitrogens with one attached hydrogen (secondary N) is 2. The predicted molar refractivity (Wildman–Crippen MR) is 65.1 cm³/mol. The Balaban J connectivity index is 2.13. The third-order valence-electron chi connectivity index (χ3n) is 2.25. The topological polar surface area (TPSA) is 70.7 Å². The molecular weight excluding hydrogens is 259 g/mol. The largest absolute Gasteiger partial charge is 0.319 e. The lowest BCUT2D eigenvalue weighted by Crippen LogP contribution is -2.14. The van der Waals surface area contributed by atoms with Crippen molar-refractivity contribution in [3.8, 4) is 0 Å². The number of hydrogen-bond donors (Lipinski definition) is 2. The molecule has 0 saturated carbocycles. The quantitative estimate of drug-likeness (QED) is 0.898. The number of aromatic nitrogens is 3. The normalized spacial score (nSPS) is 10.4. The Morgan fingerprint density at radius 1 is 1.56 bits per heavy atom. The first-order valence-corrected chi connectivity index (χ1v) is 5.65. The van der Waals surface area contributed by atoms with Crippen LogP contribution in [-0.4, -0.2) is 21.1 Å². The first kappa shape index (κ1) is 12.5. The molecule has 1 amide bonds. The maximum atomic E-state index is 13.2. The maximum absolute atomic E-state index is 13.2. The van der Waals surface area contributed by atoms with Crippen molar-refractivity contribution in [2.45, 2.75) is 13.3 Å². The first-order valence-electron chi connectivity index (χ1n) is 5.28. The fourth-order valence-electron chi connectivity index (χ4n) is 1.32. The number of nitrogens with zero attached hydrogens (tertiary/aromatic N) is 2. The summed E-state index contributed by atoms with van der Waals surface area (Å²) in [6.45, 7) is 1.89. The van der Waals surface area contributed by atoms with E-state index in [1.54, 1.807) is 0 Å². The van der Waals surface area contributed by atoms with Crippen LogP contribution >= 0.6 is 11.6 Å². The third kappa shape index (κ3) is 2.65. The van der Waals surface area contributed by atoms with E-state index in [0.717, 1.165) is 6.07 Å². The van der Waals surface area contributed by atoms with Crippen molar-refractivity contribution >= 4 is 23.2 Å². The number of carbonyl (C=O) groups is 1. The van der Waals surface area contributed by atoms with E-state index in [1.165, 1.54) is 12.1 Å². The van der Waals surface area contributed by atoms with Gasteiger partial charge in [0.15, 0.2) is 0 Å². The van der Waals surface area contributed by atoms with Gasteiger partial charge >= 0.3 is 0 Å². The second kappa shape index (κ2) is 5.14. The summed E-state index contributed by atoms with van der Waals surface area (Å²) in [6, 6.07) is 3.99. The van der Waals surface area contributed by atoms with Crippen LogP contribution < -0.4 is 5.32 Å². The highest BCUT2D eigenvalue weighted by Gasteiger charge is 2.12. The molecule has 18 heavy (non-hydrogen) atoms. The highest BCUT2D eigenvalue weighted by molar-refractivity contribution is 6.30. The Bertz CT molecular complexity index is 584. The number of hydrogen-bond acceptors (Lipinski definition) is 3. The minimum Gasteiger partial charge on any atom is -0.319 e. The molecule has 0 aliphatic heterocycles. The summed E-state index contributed by atoms with van der Waals surface area (Å²) < 4.78 is 13.2. The summed E-state index contributed by atoms with van der Waals surface area (Å²) >= 11 is 5.54. The van der Waals surface area contributed by atoms with Gasteiger partial charge in [-0.05, 0) is 18.2 Å². The van der Waals surface area contributed by atoms with Crippen LogP contribution in [0.5, 0.6) is 0 Å². The van der Waals surface area contributed by atoms with Gasteiger partial charge in [-0.25, -0.2) is 9.37 Å². The van der Waals surface area contributed by atoms with Crippen molar-refractivity contribution in [1.82, 2.24) is 15.2 Å². The average Bonchev–Trinajstić information content (AvgIpc) is 2.82. The number of benzene rings is 1. The fourth-order valence-corrected chi connectivity index (χ4v) is 1.43. The zero-order valence-electron chi connectivity index (χ0n) is 9.50. The minimum atomic E-state index is -0.598. The Hall–Kier alpha value is -1.95. The molecular formula is C11H10ClFN4O. The number of aromatic amines is 1. The molecule has 2 aromatic rings. The Morgan fingerprint density at radius 3 is 2.94 bits per heavy atom. The second-order valence-electron chi connectivity index (χ2n) is 3.54. The van der Waals surface area contributed by atoms with Crippen molar-refractivity contribution < 1.29 is 9.18 Å². The number of rotatable bonds is 3. The van der Waals surface area contributed by atoms with Gasteiger partial charge in [-0.3, -0.25) is 9.89 Å². The molecule has 0 aliphatic carbocycles. The van der Waals surface area contributed by atoms with Gasteiger partial charge in [0.1, 0.15) is 11.6 Å². The van der Waals surface area contributed by atoms with E-state index < -0.39 is 11.7 Å². The van der Waals surface area contributed by atoms with E-state index in [1.807, 2.05) is 6.92 Å². The van der Waals surface area contributed by atoms with E-state index in [4.69, 9.17) is 11.6 Å². The first-order chi connectivity index (χ1) is 8.60. The van der Waals surface area contributed by atoms with Crippen LogP contribution in [0.2, 0.25) is 5.02 Å². The van der Waals surface area contributed by atoms with Crippen molar-refractivity contribution in [2.24, 2.45) is 0 Å². The van der Waals surface area contributed by atoms with Crippen molar-refractivity contribution in [1.29, 1.82) is 0 Å². The molecule has 0 bridgehead atoms. The molecule has 2 rings (SSSR count). The Morgan fingerprint density at radius 2 is 2.33 bits per heavy atom. The lowest BCUT2D eigenvalue weighted by Gasteiger charge is -2.03. The summed E-state index contributed by atoms with van der Waals surface area (Å²) in [6.07, 6.45) is 0.649. The van der Waals surface area contributed by atoms with Crippen molar-refractivity contribution in [3.05, 3.63) is 40.7 Å². The minimum absolute atomic E-state index is 0.000775. The van der Waals surface area contributed by atoms with Gasteiger partial charge in [0, 0.05) is 12.1 Å². The summed E-state index contributed by atoms with van der Waals surface area (Å²) in [5.74, 6) is -0.476. The molecule has 7 heteroatoms. The maximum Gasteiger partial charge on any atom is 0.295 e. The van der Waals surface area contributed by atoms with E-state index in [0.29, 0.717) is 17.9 Å². The van der Waals surface area contributed by atoms with Gasteiger partial charge in [0.2, 0.25) is 5.82 Å². The number of carbonyl (C=O) groups excluding carboxylic acids is 1. The number of aryl methyl sites for hydroxylation is 1. The predicted octanol–water partition coefficient (Wildman–Crippen LogP) is 2.41. The van der Waals surface area contributed by atoms with E-state index >= 15 is 0 Å². The van der Waals surface area contributed by atoms with Crippen LogP contribution in [0.1, 0.15) is 23.4 Å². The molecule has 1 aromatic heterocycles. The van der Waals surface area contributed by atoms with Crippen molar-refractivity contribution in [3.63, 3.8) is 0 Å². The van der Waals surface area contributed by atoms with Gasteiger partial charge in [0.05, 0.1) is 5.02 Å². The van der Waals surface area contributed by atoms with E-state index in [-0.39, 0.29) is 10.8 Å².